The summed E-state index contributed by atoms with van der Waals surface area (Å²) >= 11 is 0. The summed E-state index contributed by atoms with van der Waals surface area (Å²) in [6, 6.07) is 10.6. The number of piperidine rings is 1. The average Bonchev–Trinajstić information content (AvgIpc) is 3.48. The number of aliphatic hydroxyl groups is 1. The van der Waals surface area contributed by atoms with Crippen LogP contribution in [0.1, 0.15) is 35.7 Å². The third-order valence-corrected chi connectivity index (χ3v) is 7.31. The molecule has 4 aromatic rings. The van der Waals surface area contributed by atoms with Gasteiger partial charge in [0, 0.05) is 37.5 Å². The Morgan fingerprint density at radius 2 is 1.97 bits per heavy atom. The zero-order valence-corrected chi connectivity index (χ0v) is 19.9. The normalized spacial score (nSPS) is 16.8. The second-order valence-corrected chi connectivity index (χ2v) is 9.51. The molecule has 8 nitrogen and oxygen atoms in total. The van der Waals surface area contributed by atoms with Crippen LogP contribution in [0.15, 0.2) is 55.0 Å². The van der Waals surface area contributed by atoms with Gasteiger partial charge in [-0.2, -0.15) is 0 Å². The lowest BCUT2D eigenvalue weighted by atomic mass is 9.92. The number of rotatable bonds is 5. The number of hydrogen-bond donors (Lipinski definition) is 3. The summed E-state index contributed by atoms with van der Waals surface area (Å²) in [7, 11) is 0. The van der Waals surface area contributed by atoms with Gasteiger partial charge in [-0.15, -0.1) is 0 Å². The molecule has 3 aromatic heterocycles. The molecule has 0 radical (unpaired) electrons. The Morgan fingerprint density at radius 1 is 1.14 bits per heavy atom. The van der Waals surface area contributed by atoms with Gasteiger partial charge < -0.3 is 20.6 Å². The number of amides is 1. The second-order valence-electron chi connectivity index (χ2n) is 9.51. The van der Waals surface area contributed by atoms with Crippen molar-refractivity contribution in [3.63, 3.8) is 0 Å². The summed E-state index contributed by atoms with van der Waals surface area (Å²) in [4.78, 5) is 24.0. The maximum atomic E-state index is 13.6. The largest absolute Gasteiger partial charge is 0.393 e. The van der Waals surface area contributed by atoms with Crippen molar-refractivity contribution in [1.82, 2.24) is 19.7 Å². The number of aliphatic hydroxyl groups excluding tert-OH is 1. The van der Waals surface area contributed by atoms with Crippen LogP contribution >= 0.6 is 0 Å². The van der Waals surface area contributed by atoms with Crippen molar-refractivity contribution in [3.05, 3.63) is 71.9 Å². The fourth-order valence-corrected chi connectivity index (χ4v) is 5.27. The molecular weight excluding hydrogens is 459 g/mol. The van der Waals surface area contributed by atoms with E-state index < -0.39 is 0 Å². The molecule has 36 heavy (non-hydrogen) atoms. The molecular formula is C27H27FN6O2. The van der Waals surface area contributed by atoms with Gasteiger partial charge >= 0.3 is 0 Å². The topological polar surface area (TPSA) is 94.8 Å². The van der Waals surface area contributed by atoms with Crippen LogP contribution < -0.4 is 15.5 Å². The maximum absolute atomic E-state index is 13.6. The van der Waals surface area contributed by atoms with Gasteiger partial charge in [-0.3, -0.25) is 9.20 Å². The number of nitrogens with one attached hydrogen (secondary N) is 2. The summed E-state index contributed by atoms with van der Waals surface area (Å²) < 4.78 is 15.4. The molecule has 0 unspecified atom stereocenters. The van der Waals surface area contributed by atoms with E-state index in [2.05, 4.69) is 25.5 Å². The Hall–Kier alpha value is -3.98. The number of nitrogens with zero attached hydrogens (tertiary/aromatic N) is 4. The van der Waals surface area contributed by atoms with Crippen LogP contribution in [0.3, 0.4) is 0 Å². The van der Waals surface area contributed by atoms with E-state index in [0.29, 0.717) is 35.2 Å². The van der Waals surface area contributed by atoms with Crippen molar-refractivity contribution in [3.8, 4) is 11.3 Å². The Kier molecular flexibility index (Phi) is 5.56. The van der Waals surface area contributed by atoms with Gasteiger partial charge in [-0.1, -0.05) is 6.07 Å². The number of benzene rings is 1. The van der Waals surface area contributed by atoms with Crippen molar-refractivity contribution in [1.29, 1.82) is 0 Å². The van der Waals surface area contributed by atoms with Crippen LogP contribution in [0, 0.1) is 11.7 Å². The Bertz CT molecular complexity index is 1440. The van der Waals surface area contributed by atoms with Crippen LogP contribution in [0.5, 0.6) is 0 Å². The predicted octanol–water partition coefficient (Wildman–Crippen LogP) is 4.12. The number of aromatic nitrogens is 3. The highest BCUT2D eigenvalue weighted by Gasteiger charge is 2.27. The van der Waals surface area contributed by atoms with Crippen molar-refractivity contribution >= 4 is 28.7 Å². The Balaban J connectivity index is 1.26. The highest BCUT2D eigenvalue weighted by atomic mass is 19.1. The third kappa shape index (κ3) is 3.95. The monoisotopic (exact) mass is 486 g/mol. The number of anilines is 3. The van der Waals surface area contributed by atoms with E-state index in [9.17, 15) is 14.3 Å². The molecule has 0 saturated carbocycles. The fraction of sp³-hybridized carbons (Fsp3) is 0.296. The minimum absolute atomic E-state index is 0.146. The number of imidazole rings is 1. The first kappa shape index (κ1) is 22.5. The van der Waals surface area contributed by atoms with Gasteiger partial charge in [-0.05, 0) is 55.5 Å². The number of pyridine rings is 2. The lowest BCUT2D eigenvalue weighted by Crippen LogP contribution is -2.37. The smallest absolute Gasteiger partial charge is 0.254 e. The number of carbonyl (C=O) groups is 1. The highest BCUT2D eigenvalue weighted by molar-refractivity contribution is 6.06. The fourth-order valence-electron chi connectivity index (χ4n) is 5.27. The molecule has 5 heterocycles. The molecule has 6 rings (SSSR count). The average molecular weight is 487 g/mol. The van der Waals surface area contributed by atoms with E-state index in [4.69, 9.17) is 0 Å². The van der Waals surface area contributed by atoms with Crippen LogP contribution in [0.25, 0.3) is 16.9 Å². The van der Waals surface area contributed by atoms with E-state index in [0.717, 1.165) is 48.4 Å². The quantitative estimate of drug-likeness (QED) is 0.393. The number of hydrogen-bond acceptors (Lipinski definition) is 6. The molecule has 3 N–H and O–H groups in total. The van der Waals surface area contributed by atoms with E-state index in [-0.39, 0.29) is 17.8 Å². The summed E-state index contributed by atoms with van der Waals surface area (Å²) in [6.45, 7) is 4.07. The molecule has 2 aliphatic rings. The van der Waals surface area contributed by atoms with E-state index in [1.165, 1.54) is 12.1 Å². The van der Waals surface area contributed by atoms with Crippen LogP contribution in [0.2, 0.25) is 0 Å². The SMILES string of the molecule is C[C@H](O)C1CCN(c2ccc(Nc3ccc(-c4cnc5cc(F)ccn45)c4c3C(=O)NC4)nc2)CC1. The van der Waals surface area contributed by atoms with Gasteiger partial charge in [0.15, 0.2) is 0 Å². The summed E-state index contributed by atoms with van der Waals surface area (Å²) in [5, 5.41) is 16.1. The van der Waals surface area contributed by atoms with Gasteiger partial charge in [0.25, 0.3) is 5.91 Å². The zero-order valence-electron chi connectivity index (χ0n) is 19.9. The third-order valence-electron chi connectivity index (χ3n) is 7.31. The first-order chi connectivity index (χ1) is 17.5. The van der Waals surface area contributed by atoms with Crippen LogP contribution in [-0.2, 0) is 6.54 Å². The van der Waals surface area contributed by atoms with Gasteiger partial charge in [0.2, 0.25) is 0 Å². The summed E-state index contributed by atoms with van der Waals surface area (Å²) in [5.74, 6) is 0.515. The first-order valence-electron chi connectivity index (χ1n) is 12.2. The number of fused-ring (bicyclic) bond motifs is 2. The van der Waals surface area contributed by atoms with Crippen molar-refractivity contribution < 1.29 is 14.3 Å². The van der Waals surface area contributed by atoms with Gasteiger partial charge in [-0.25, -0.2) is 14.4 Å². The molecule has 1 aromatic carbocycles. The Morgan fingerprint density at radius 3 is 2.72 bits per heavy atom. The first-order valence-corrected chi connectivity index (χ1v) is 12.2. The molecule has 1 atom stereocenters. The molecule has 0 aliphatic carbocycles. The summed E-state index contributed by atoms with van der Waals surface area (Å²) in [6.07, 6.45) is 6.85. The van der Waals surface area contributed by atoms with Crippen molar-refractivity contribution in [2.75, 3.05) is 23.3 Å². The van der Waals surface area contributed by atoms with Gasteiger partial charge in [0.05, 0.1) is 41.1 Å². The van der Waals surface area contributed by atoms with Crippen LogP contribution in [-0.4, -0.2) is 44.6 Å². The van der Waals surface area contributed by atoms with Crippen LogP contribution in [0.4, 0.5) is 21.6 Å². The minimum atomic E-state index is -0.343. The standard InChI is InChI=1S/C27H27FN6O2/c1-16(35)17-6-9-33(10-7-17)19-2-5-24(29-13-19)32-22-4-3-20(21-14-31-27(36)26(21)22)23-15-30-25-12-18(28)8-11-34(23)25/h2-5,8,11-13,15-17,35H,6-7,9-10,14H2,1H3,(H,29,32)(H,31,36)/t16-/m0/s1. The summed E-state index contributed by atoms with van der Waals surface area (Å²) in [5.41, 5.74) is 5.36. The highest BCUT2D eigenvalue weighted by Crippen LogP contribution is 2.35. The predicted molar refractivity (Wildman–Crippen MR) is 136 cm³/mol. The number of carbonyl (C=O) groups excluding carboxylic acids is 1. The molecule has 9 heteroatoms. The van der Waals surface area contributed by atoms with E-state index >= 15 is 0 Å². The second kappa shape index (κ2) is 8.91. The van der Waals surface area contributed by atoms with Crippen molar-refractivity contribution in [2.45, 2.75) is 32.4 Å². The lowest BCUT2D eigenvalue weighted by molar-refractivity contribution is 0.0966. The molecule has 2 aliphatic heterocycles. The maximum Gasteiger partial charge on any atom is 0.254 e. The molecule has 0 bridgehead atoms. The molecule has 1 fully saturated rings. The van der Waals surface area contributed by atoms with E-state index in [1.807, 2.05) is 41.8 Å². The molecule has 0 spiro atoms. The molecule has 184 valence electrons. The molecule has 1 saturated heterocycles. The van der Waals surface area contributed by atoms with Crippen molar-refractivity contribution in [2.24, 2.45) is 5.92 Å². The number of halogens is 1. The Labute approximate surface area is 207 Å². The zero-order chi connectivity index (χ0) is 24.8. The lowest BCUT2D eigenvalue weighted by Gasteiger charge is -2.34. The molecule has 1 amide bonds. The van der Waals surface area contributed by atoms with Gasteiger partial charge in [0.1, 0.15) is 17.3 Å². The minimum Gasteiger partial charge on any atom is -0.393 e. The van der Waals surface area contributed by atoms with E-state index in [1.54, 1.807) is 12.4 Å².